The van der Waals surface area contributed by atoms with Gasteiger partial charge in [-0.1, -0.05) is 6.07 Å². The Morgan fingerprint density at radius 3 is 2.94 bits per heavy atom. The molecule has 94 valence electrons. The molecule has 0 spiro atoms. The van der Waals surface area contributed by atoms with Crippen LogP contribution in [0.25, 0.3) is 0 Å². The Morgan fingerprint density at radius 1 is 1.39 bits per heavy atom. The van der Waals surface area contributed by atoms with Crippen LogP contribution in [-0.2, 0) is 11.3 Å². The fourth-order valence-electron chi connectivity index (χ4n) is 1.79. The molecule has 2 aromatic rings. The van der Waals surface area contributed by atoms with E-state index in [4.69, 9.17) is 4.74 Å². The molecule has 2 heterocycles. The summed E-state index contributed by atoms with van der Waals surface area (Å²) in [5.74, 6) is -0.295. The van der Waals surface area contributed by atoms with Crippen molar-refractivity contribution in [1.82, 2.24) is 9.55 Å². The normalized spacial score (nSPS) is 10.3. The summed E-state index contributed by atoms with van der Waals surface area (Å²) in [7, 11) is 0. The summed E-state index contributed by atoms with van der Waals surface area (Å²) in [5, 5.41) is 0. The van der Waals surface area contributed by atoms with Gasteiger partial charge in [-0.25, -0.2) is 4.79 Å². The third kappa shape index (κ3) is 2.59. The van der Waals surface area contributed by atoms with Crippen molar-refractivity contribution >= 4 is 5.97 Å². The topological polar surface area (TPSA) is 44.1 Å². The number of carbonyl (C=O) groups excluding carboxylic acids is 1. The van der Waals surface area contributed by atoms with Crippen LogP contribution in [0, 0.1) is 6.92 Å². The maximum Gasteiger partial charge on any atom is 0.354 e. The monoisotopic (exact) mass is 244 g/mol. The van der Waals surface area contributed by atoms with Crippen LogP contribution in [0.15, 0.2) is 36.7 Å². The summed E-state index contributed by atoms with van der Waals surface area (Å²) in [6.45, 7) is 4.77. The van der Waals surface area contributed by atoms with Gasteiger partial charge in [0.1, 0.15) is 5.69 Å². The number of carbonyl (C=O) groups is 1. The Balaban J connectivity index is 2.23. The molecule has 0 atom stereocenters. The second-order valence-corrected chi connectivity index (χ2v) is 4.01. The van der Waals surface area contributed by atoms with Gasteiger partial charge in [-0.15, -0.1) is 0 Å². The first kappa shape index (κ1) is 12.4. The maximum atomic E-state index is 11.7. The SMILES string of the molecule is CCOC(=O)c1cccn1Cc1ncccc1C. The summed E-state index contributed by atoms with van der Waals surface area (Å²) in [6.07, 6.45) is 3.62. The number of rotatable bonds is 4. The standard InChI is InChI=1S/C14H16N2O2/c1-3-18-14(17)13-7-5-9-16(13)10-12-11(2)6-4-8-15-12/h4-9H,3,10H2,1-2H3. The van der Waals surface area contributed by atoms with Gasteiger partial charge in [0.2, 0.25) is 0 Å². The Morgan fingerprint density at radius 2 is 2.22 bits per heavy atom. The van der Waals surface area contributed by atoms with Crippen LogP contribution in [0.5, 0.6) is 0 Å². The minimum Gasteiger partial charge on any atom is -0.461 e. The quantitative estimate of drug-likeness (QED) is 0.776. The third-order valence-corrected chi connectivity index (χ3v) is 2.75. The first-order valence-electron chi connectivity index (χ1n) is 5.95. The average molecular weight is 244 g/mol. The van der Waals surface area contributed by atoms with Gasteiger partial charge in [0.05, 0.1) is 18.8 Å². The molecule has 0 saturated carbocycles. The van der Waals surface area contributed by atoms with Gasteiger partial charge in [0.15, 0.2) is 0 Å². The number of esters is 1. The van der Waals surface area contributed by atoms with E-state index in [1.54, 1.807) is 19.2 Å². The third-order valence-electron chi connectivity index (χ3n) is 2.75. The van der Waals surface area contributed by atoms with E-state index in [-0.39, 0.29) is 5.97 Å². The zero-order valence-corrected chi connectivity index (χ0v) is 10.6. The molecule has 0 radical (unpaired) electrons. The molecule has 4 nitrogen and oxygen atoms in total. The van der Waals surface area contributed by atoms with Crippen molar-refractivity contribution in [2.75, 3.05) is 6.61 Å². The van der Waals surface area contributed by atoms with Crippen molar-refractivity contribution in [3.05, 3.63) is 53.6 Å². The number of ether oxygens (including phenoxy) is 1. The zero-order chi connectivity index (χ0) is 13.0. The molecule has 0 unspecified atom stereocenters. The fourth-order valence-corrected chi connectivity index (χ4v) is 1.79. The highest BCUT2D eigenvalue weighted by atomic mass is 16.5. The zero-order valence-electron chi connectivity index (χ0n) is 10.6. The van der Waals surface area contributed by atoms with Crippen LogP contribution in [0.1, 0.15) is 28.7 Å². The van der Waals surface area contributed by atoms with Crippen LogP contribution in [0.4, 0.5) is 0 Å². The average Bonchev–Trinajstić information content (AvgIpc) is 2.81. The molecular formula is C14H16N2O2. The molecule has 0 aromatic carbocycles. The van der Waals surface area contributed by atoms with Crippen molar-refractivity contribution < 1.29 is 9.53 Å². The first-order valence-corrected chi connectivity index (χ1v) is 5.95. The molecule has 4 heteroatoms. The van der Waals surface area contributed by atoms with Gasteiger partial charge in [-0.3, -0.25) is 4.98 Å². The smallest absolute Gasteiger partial charge is 0.354 e. The summed E-state index contributed by atoms with van der Waals surface area (Å²) in [5.41, 5.74) is 2.63. The Kier molecular flexibility index (Phi) is 3.77. The molecule has 0 amide bonds. The lowest BCUT2D eigenvalue weighted by molar-refractivity contribution is 0.0514. The number of nitrogens with zero attached hydrogens (tertiary/aromatic N) is 2. The number of pyridine rings is 1. The molecular weight excluding hydrogens is 228 g/mol. The van der Waals surface area contributed by atoms with Crippen molar-refractivity contribution in [3.8, 4) is 0 Å². The van der Waals surface area contributed by atoms with Crippen molar-refractivity contribution in [2.24, 2.45) is 0 Å². The highest BCUT2D eigenvalue weighted by molar-refractivity contribution is 5.87. The molecule has 2 rings (SSSR count). The number of aromatic nitrogens is 2. The summed E-state index contributed by atoms with van der Waals surface area (Å²) in [6, 6.07) is 7.51. The largest absolute Gasteiger partial charge is 0.461 e. The van der Waals surface area contributed by atoms with E-state index in [0.29, 0.717) is 18.8 Å². The molecule has 0 aliphatic carbocycles. The molecule has 2 aromatic heterocycles. The lowest BCUT2D eigenvalue weighted by Crippen LogP contribution is -2.13. The second-order valence-electron chi connectivity index (χ2n) is 4.01. The Labute approximate surface area is 106 Å². The van der Waals surface area contributed by atoms with Crippen LogP contribution in [0.3, 0.4) is 0 Å². The van der Waals surface area contributed by atoms with Gasteiger partial charge in [0, 0.05) is 12.4 Å². The van der Waals surface area contributed by atoms with Crippen molar-refractivity contribution in [3.63, 3.8) is 0 Å². The maximum absolute atomic E-state index is 11.7. The lowest BCUT2D eigenvalue weighted by Gasteiger charge is -2.09. The predicted octanol–water partition coefficient (Wildman–Crippen LogP) is 2.42. The van der Waals surface area contributed by atoms with Crippen LogP contribution < -0.4 is 0 Å². The minimum atomic E-state index is -0.295. The molecule has 0 fully saturated rings. The van der Waals surface area contributed by atoms with E-state index < -0.39 is 0 Å². The highest BCUT2D eigenvalue weighted by Gasteiger charge is 2.12. The van der Waals surface area contributed by atoms with Gasteiger partial charge in [0.25, 0.3) is 0 Å². The molecule has 0 saturated heterocycles. The number of hydrogen-bond donors (Lipinski definition) is 0. The first-order chi connectivity index (χ1) is 8.72. The van der Waals surface area contributed by atoms with E-state index in [9.17, 15) is 4.79 Å². The van der Waals surface area contributed by atoms with Crippen LogP contribution in [0.2, 0.25) is 0 Å². The lowest BCUT2D eigenvalue weighted by atomic mass is 10.2. The molecule has 0 aliphatic heterocycles. The van der Waals surface area contributed by atoms with Crippen molar-refractivity contribution in [2.45, 2.75) is 20.4 Å². The van der Waals surface area contributed by atoms with Gasteiger partial charge in [-0.2, -0.15) is 0 Å². The molecule has 0 N–H and O–H groups in total. The van der Waals surface area contributed by atoms with Gasteiger partial charge < -0.3 is 9.30 Å². The fraction of sp³-hybridized carbons (Fsp3) is 0.286. The minimum absolute atomic E-state index is 0.295. The van der Waals surface area contributed by atoms with Gasteiger partial charge in [-0.05, 0) is 37.6 Å². The van der Waals surface area contributed by atoms with Crippen LogP contribution >= 0.6 is 0 Å². The van der Waals surface area contributed by atoms with Crippen molar-refractivity contribution in [1.29, 1.82) is 0 Å². The highest BCUT2D eigenvalue weighted by Crippen LogP contribution is 2.10. The second kappa shape index (κ2) is 5.49. The molecule has 18 heavy (non-hydrogen) atoms. The van der Waals surface area contributed by atoms with Gasteiger partial charge >= 0.3 is 5.97 Å². The summed E-state index contributed by atoms with van der Waals surface area (Å²) in [4.78, 5) is 16.1. The molecule has 0 aliphatic rings. The summed E-state index contributed by atoms with van der Waals surface area (Å²) < 4.78 is 6.87. The molecule has 0 bridgehead atoms. The van der Waals surface area contributed by atoms with E-state index in [1.807, 2.05) is 35.9 Å². The Hall–Kier alpha value is -2.10. The van der Waals surface area contributed by atoms with E-state index >= 15 is 0 Å². The number of aryl methyl sites for hydroxylation is 1. The van der Waals surface area contributed by atoms with Crippen LogP contribution in [-0.4, -0.2) is 22.1 Å². The van der Waals surface area contributed by atoms with E-state index in [2.05, 4.69) is 4.98 Å². The predicted molar refractivity (Wildman–Crippen MR) is 68.5 cm³/mol. The Bertz CT molecular complexity index is 546. The summed E-state index contributed by atoms with van der Waals surface area (Å²) >= 11 is 0. The van der Waals surface area contributed by atoms with E-state index in [0.717, 1.165) is 11.3 Å². The van der Waals surface area contributed by atoms with E-state index in [1.165, 1.54) is 0 Å². The number of hydrogen-bond acceptors (Lipinski definition) is 3.